The Labute approximate surface area is 128 Å². The number of amides is 2. The van der Waals surface area contributed by atoms with Gasteiger partial charge in [-0.25, -0.2) is 0 Å². The third kappa shape index (κ3) is 4.17. The maximum Gasteiger partial charge on any atom is 0.241 e. The highest BCUT2D eigenvalue weighted by atomic mass is 35.5. The quantitative estimate of drug-likeness (QED) is 0.789. The molecule has 1 fully saturated rings. The minimum Gasteiger partial charge on any atom is -0.380 e. The van der Waals surface area contributed by atoms with Gasteiger partial charge in [0, 0.05) is 26.3 Å². The Morgan fingerprint density at radius 1 is 1.38 bits per heavy atom. The summed E-state index contributed by atoms with van der Waals surface area (Å²) in [5.74, 6) is -0.327. The van der Waals surface area contributed by atoms with Crippen LogP contribution in [0.4, 0.5) is 11.4 Å². The summed E-state index contributed by atoms with van der Waals surface area (Å²) in [6, 6.07) is 4.67. The molecule has 1 heterocycles. The Morgan fingerprint density at radius 2 is 2.14 bits per heavy atom. The van der Waals surface area contributed by atoms with Crippen molar-refractivity contribution >= 4 is 34.8 Å². The van der Waals surface area contributed by atoms with Gasteiger partial charge in [-0.2, -0.15) is 0 Å². The third-order valence-corrected chi connectivity index (χ3v) is 3.60. The molecule has 0 aromatic heterocycles. The molecule has 1 aliphatic heterocycles. The van der Waals surface area contributed by atoms with E-state index in [0.717, 1.165) is 0 Å². The lowest BCUT2D eigenvalue weighted by molar-refractivity contribution is -0.118. The summed E-state index contributed by atoms with van der Waals surface area (Å²) < 4.78 is 5.21. The van der Waals surface area contributed by atoms with Gasteiger partial charge in [-0.1, -0.05) is 11.6 Å². The van der Waals surface area contributed by atoms with Crippen molar-refractivity contribution < 1.29 is 14.3 Å². The Kier molecular flexibility index (Phi) is 5.17. The first-order valence-electron chi connectivity index (χ1n) is 6.63. The van der Waals surface area contributed by atoms with Crippen molar-refractivity contribution in [3.63, 3.8) is 0 Å². The molecule has 6 nitrogen and oxygen atoms in total. The van der Waals surface area contributed by atoms with Gasteiger partial charge in [0.15, 0.2) is 0 Å². The van der Waals surface area contributed by atoms with Gasteiger partial charge in [-0.15, -0.1) is 0 Å². The molecule has 0 spiro atoms. The van der Waals surface area contributed by atoms with Crippen LogP contribution in [0.5, 0.6) is 0 Å². The molecular weight excluding hydrogens is 294 g/mol. The number of nitrogens with one attached hydrogen (secondary N) is 3. The molecule has 21 heavy (non-hydrogen) atoms. The average Bonchev–Trinajstić information content (AvgIpc) is 2.90. The summed E-state index contributed by atoms with van der Waals surface area (Å²) in [5, 5.41) is 8.88. The smallest absolute Gasteiger partial charge is 0.241 e. The monoisotopic (exact) mass is 311 g/mol. The van der Waals surface area contributed by atoms with E-state index in [0.29, 0.717) is 29.4 Å². The summed E-state index contributed by atoms with van der Waals surface area (Å²) >= 11 is 6.06. The number of carbonyl (C=O) groups is 2. The van der Waals surface area contributed by atoms with Gasteiger partial charge in [0.05, 0.1) is 22.9 Å². The van der Waals surface area contributed by atoms with Crippen LogP contribution in [0.25, 0.3) is 0 Å². The number of rotatable bonds is 4. The summed E-state index contributed by atoms with van der Waals surface area (Å²) in [6.07, 6.45) is 0.700. The van der Waals surface area contributed by atoms with E-state index in [-0.39, 0.29) is 24.0 Å². The van der Waals surface area contributed by atoms with Gasteiger partial charge >= 0.3 is 0 Å². The molecule has 2 amide bonds. The molecular formula is C14H18ClN3O3. The van der Waals surface area contributed by atoms with Gasteiger partial charge in [0.1, 0.15) is 0 Å². The van der Waals surface area contributed by atoms with Gasteiger partial charge in [-0.05, 0) is 24.6 Å². The van der Waals surface area contributed by atoms with Crippen molar-refractivity contribution in [2.75, 3.05) is 24.3 Å². The Hall–Kier alpha value is -1.63. The fourth-order valence-electron chi connectivity index (χ4n) is 2.20. The van der Waals surface area contributed by atoms with Gasteiger partial charge in [0.25, 0.3) is 0 Å². The van der Waals surface area contributed by atoms with E-state index in [2.05, 4.69) is 16.0 Å². The lowest BCUT2D eigenvalue weighted by Crippen LogP contribution is -2.35. The number of anilines is 2. The lowest BCUT2D eigenvalue weighted by atomic mass is 10.2. The normalized spacial score (nSPS) is 21.1. The Bertz CT molecular complexity index is 550. The van der Waals surface area contributed by atoms with Crippen LogP contribution >= 0.6 is 11.6 Å². The zero-order chi connectivity index (χ0) is 15.4. The minimum atomic E-state index is -0.274. The van der Waals surface area contributed by atoms with Gasteiger partial charge in [0.2, 0.25) is 11.8 Å². The molecule has 2 rings (SSSR count). The number of methoxy groups -OCH3 is 1. The topological polar surface area (TPSA) is 79.5 Å². The molecule has 2 atom stereocenters. The van der Waals surface area contributed by atoms with Gasteiger partial charge < -0.3 is 20.7 Å². The van der Waals surface area contributed by atoms with Crippen LogP contribution in [0.15, 0.2) is 18.2 Å². The zero-order valence-electron chi connectivity index (χ0n) is 11.9. The summed E-state index contributed by atoms with van der Waals surface area (Å²) in [4.78, 5) is 23.1. The molecule has 2 unspecified atom stereocenters. The average molecular weight is 312 g/mol. The van der Waals surface area contributed by atoms with E-state index in [1.807, 2.05) is 0 Å². The molecule has 0 radical (unpaired) electrons. The molecule has 114 valence electrons. The van der Waals surface area contributed by atoms with Crippen molar-refractivity contribution in [1.29, 1.82) is 0 Å². The molecule has 1 aromatic rings. The third-order valence-electron chi connectivity index (χ3n) is 3.29. The Morgan fingerprint density at radius 3 is 2.71 bits per heavy atom. The maximum absolute atomic E-state index is 12.1. The van der Waals surface area contributed by atoms with E-state index >= 15 is 0 Å². The van der Waals surface area contributed by atoms with Crippen LogP contribution in [0.3, 0.4) is 0 Å². The van der Waals surface area contributed by atoms with Crippen molar-refractivity contribution in [2.45, 2.75) is 25.5 Å². The lowest BCUT2D eigenvalue weighted by Gasteiger charge is -2.12. The van der Waals surface area contributed by atoms with Crippen molar-refractivity contribution in [3.8, 4) is 0 Å². The molecule has 3 N–H and O–H groups in total. The fraction of sp³-hybridized carbons (Fsp3) is 0.429. The highest BCUT2D eigenvalue weighted by molar-refractivity contribution is 6.34. The molecule has 1 aromatic carbocycles. The zero-order valence-corrected chi connectivity index (χ0v) is 12.7. The number of benzene rings is 1. The first-order valence-corrected chi connectivity index (χ1v) is 7.01. The number of ether oxygens (including phenoxy) is 1. The predicted octanol–water partition coefficient (Wildman–Crippen LogP) is 1.61. The van der Waals surface area contributed by atoms with Crippen molar-refractivity contribution in [2.24, 2.45) is 0 Å². The van der Waals surface area contributed by atoms with Crippen LogP contribution in [0, 0.1) is 0 Å². The highest BCUT2D eigenvalue weighted by Gasteiger charge is 2.29. The minimum absolute atomic E-state index is 0.0616. The second-order valence-corrected chi connectivity index (χ2v) is 5.33. The van der Waals surface area contributed by atoms with Crippen LogP contribution in [0.2, 0.25) is 5.02 Å². The Balaban J connectivity index is 1.98. The molecule has 0 bridgehead atoms. The van der Waals surface area contributed by atoms with E-state index < -0.39 is 0 Å². The molecule has 1 aliphatic rings. The number of hydrogen-bond acceptors (Lipinski definition) is 4. The van der Waals surface area contributed by atoms with E-state index in [9.17, 15) is 9.59 Å². The SMILES string of the molecule is COC1CNC(C(=O)Nc2ccc(NC(C)=O)c(Cl)c2)C1. The van der Waals surface area contributed by atoms with Crippen LogP contribution in [-0.4, -0.2) is 37.6 Å². The number of carbonyl (C=O) groups excluding carboxylic acids is 2. The standard InChI is InChI=1S/C14H18ClN3O3/c1-8(19)17-12-4-3-9(5-11(12)15)18-14(20)13-6-10(21-2)7-16-13/h3-5,10,13,16H,6-7H2,1-2H3,(H,17,19)(H,18,20). The summed E-state index contributed by atoms with van der Waals surface area (Å²) in [6.45, 7) is 2.07. The van der Waals surface area contributed by atoms with E-state index in [1.54, 1.807) is 25.3 Å². The molecule has 0 saturated carbocycles. The highest BCUT2D eigenvalue weighted by Crippen LogP contribution is 2.25. The summed E-state index contributed by atoms with van der Waals surface area (Å²) in [5.41, 5.74) is 1.10. The van der Waals surface area contributed by atoms with Crippen LogP contribution in [-0.2, 0) is 14.3 Å². The van der Waals surface area contributed by atoms with Crippen molar-refractivity contribution in [3.05, 3.63) is 23.2 Å². The maximum atomic E-state index is 12.1. The second-order valence-electron chi connectivity index (χ2n) is 4.92. The van der Waals surface area contributed by atoms with Gasteiger partial charge in [-0.3, -0.25) is 9.59 Å². The number of halogens is 1. The molecule has 0 aliphatic carbocycles. The van der Waals surface area contributed by atoms with E-state index in [4.69, 9.17) is 16.3 Å². The van der Waals surface area contributed by atoms with E-state index in [1.165, 1.54) is 6.92 Å². The second kappa shape index (κ2) is 6.89. The first-order chi connectivity index (χ1) is 9.99. The molecule has 1 saturated heterocycles. The van der Waals surface area contributed by atoms with Crippen molar-refractivity contribution in [1.82, 2.24) is 5.32 Å². The van der Waals surface area contributed by atoms with Crippen LogP contribution < -0.4 is 16.0 Å². The first kappa shape index (κ1) is 15.8. The van der Waals surface area contributed by atoms with Crippen LogP contribution in [0.1, 0.15) is 13.3 Å². The fourth-order valence-corrected chi connectivity index (χ4v) is 2.42. The summed E-state index contributed by atoms with van der Waals surface area (Å²) in [7, 11) is 1.63. The largest absolute Gasteiger partial charge is 0.380 e. The predicted molar refractivity (Wildman–Crippen MR) is 81.6 cm³/mol. The number of hydrogen-bond donors (Lipinski definition) is 3. The molecule has 7 heteroatoms.